The van der Waals surface area contributed by atoms with Crippen molar-refractivity contribution in [2.45, 2.75) is 42.7 Å². The van der Waals surface area contributed by atoms with Crippen molar-refractivity contribution in [2.24, 2.45) is 0 Å². The van der Waals surface area contributed by atoms with Gasteiger partial charge >= 0.3 is 0 Å². The molecule has 0 saturated heterocycles. The number of nitrogens with one attached hydrogen (secondary N) is 3. The van der Waals surface area contributed by atoms with Gasteiger partial charge in [0.05, 0.1) is 23.9 Å². The van der Waals surface area contributed by atoms with Gasteiger partial charge in [0.2, 0.25) is 0 Å². The van der Waals surface area contributed by atoms with E-state index in [1.54, 1.807) is 0 Å². The minimum atomic E-state index is -3.88. The van der Waals surface area contributed by atoms with Crippen molar-refractivity contribution >= 4 is 33.0 Å². The van der Waals surface area contributed by atoms with Gasteiger partial charge in [-0.15, -0.1) is 11.3 Å². The number of halogens is 2. The highest BCUT2D eigenvalue weighted by Crippen LogP contribution is 2.20. The van der Waals surface area contributed by atoms with E-state index in [1.165, 1.54) is 41.5 Å². The zero-order valence-corrected chi connectivity index (χ0v) is 23.8. The summed E-state index contributed by atoms with van der Waals surface area (Å²) in [7, 11) is -3.88. The van der Waals surface area contributed by atoms with Gasteiger partial charge in [-0.2, -0.15) is 0 Å². The lowest BCUT2D eigenvalue weighted by atomic mass is 10.00. The van der Waals surface area contributed by atoms with Crippen LogP contribution in [0, 0.1) is 11.6 Å². The molecule has 8 nitrogen and oxygen atoms in total. The highest BCUT2D eigenvalue weighted by Gasteiger charge is 2.24. The van der Waals surface area contributed by atoms with Crippen molar-refractivity contribution in [1.29, 1.82) is 0 Å². The first-order valence-electron chi connectivity index (χ1n) is 12.9. The number of aliphatic hydroxyl groups excluding tert-OH is 1. The number of amides is 1. The number of sulfonamides is 1. The van der Waals surface area contributed by atoms with Gasteiger partial charge in [-0.3, -0.25) is 14.5 Å². The van der Waals surface area contributed by atoms with E-state index < -0.39 is 39.7 Å². The molecule has 4 aromatic rings. The van der Waals surface area contributed by atoms with E-state index in [2.05, 4.69) is 33.3 Å². The number of carbonyl (C=O) groups excluding carboxylic acids is 1. The molecular formula is C29H30F2N4O4S2. The Bertz CT molecular complexity index is 1560. The number of carbonyl (C=O) groups is 1. The Balaban J connectivity index is 1.48. The quantitative estimate of drug-likeness (QED) is 0.182. The molecule has 1 heterocycles. The van der Waals surface area contributed by atoms with Gasteiger partial charge in [-0.05, 0) is 59.9 Å². The van der Waals surface area contributed by atoms with Crippen molar-refractivity contribution in [2.75, 3.05) is 11.3 Å². The molecule has 0 fully saturated rings. The maximum absolute atomic E-state index is 13.9. The summed E-state index contributed by atoms with van der Waals surface area (Å²) < 4.78 is 55.3. The van der Waals surface area contributed by atoms with Crippen LogP contribution in [-0.2, 0) is 29.4 Å². The van der Waals surface area contributed by atoms with Crippen LogP contribution in [0.3, 0.4) is 0 Å². The molecule has 1 aromatic heterocycles. The standard InChI is InChI=1S/C29H30F2N4O4S2/c1-2-19-5-3-6-20(9-19)15-32-16-27(36)26(12-21-10-23(30)14-24(31)11-21)34-29(37)22-7-4-8-25(13-22)35-41(38,39)28-17-33-18-40-28/h3-11,13-14,17-18,26-27,32,35-36H,2,12,15-16H2,1H3,(H,34,37)/t26-,27-/m0/s1. The molecule has 0 saturated carbocycles. The molecular weight excluding hydrogens is 570 g/mol. The van der Waals surface area contributed by atoms with Crippen molar-refractivity contribution in [3.05, 3.63) is 112 Å². The fourth-order valence-corrected chi connectivity index (χ4v) is 6.10. The third-order valence-corrected chi connectivity index (χ3v) is 8.94. The molecule has 0 bridgehead atoms. The molecule has 2 atom stereocenters. The minimum Gasteiger partial charge on any atom is -0.390 e. The molecule has 12 heteroatoms. The third-order valence-electron chi connectivity index (χ3n) is 6.29. The van der Waals surface area contributed by atoms with Gasteiger partial charge < -0.3 is 15.7 Å². The summed E-state index contributed by atoms with van der Waals surface area (Å²) >= 11 is 0.953. The number of hydrogen-bond donors (Lipinski definition) is 4. The van der Waals surface area contributed by atoms with E-state index in [4.69, 9.17) is 0 Å². The molecule has 0 aliphatic heterocycles. The van der Waals surface area contributed by atoms with Gasteiger partial charge in [-0.1, -0.05) is 37.3 Å². The first-order valence-corrected chi connectivity index (χ1v) is 15.2. The zero-order chi connectivity index (χ0) is 29.4. The molecule has 4 N–H and O–H groups in total. The molecule has 0 unspecified atom stereocenters. The monoisotopic (exact) mass is 600 g/mol. The molecule has 1 amide bonds. The average Bonchev–Trinajstić information content (AvgIpc) is 3.49. The third kappa shape index (κ3) is 8.64. The molecule has 216 valence electrons. The van der Waals surface area contributed by atoms with Crippen molar-refractivity contribution in [3.8, 4) is 0 Å². The summed E-state index contributed by atoms with van der Waals surface area (Å²) in [6.07, 6.45) is 0.946. The van der Waals surface area contributed by atoms with Crippen LogP contribution in [0.15, 0.2) is 82.6 Å². The van der Waals surface area contributed by atoms with Crippen LogP contribution >= 0.6 is 11.3 Å². The lowest BCUT2D eigenvalue weighted by Gasteiger charge is -2.25. The van der Waals surface area contributed by atoms with E-state index in [-0.39, 0.29) is 34.0 Å². The smallest absolute Gasteiger partial charge is 0.273 e. The van der Waals surface area contributed by atoms with Crippen LogP contribution in [0.2, 0.25) is 0 Å². The maximum Gasteiger partial charge on any atom is 0.273 e. The van der Waals surface area contributed by atoms with Crippen molar-refractivity contribution in [3.63, 3.8) is 0 Å². The molecule has 3 aromatic carbocycles. The first-order chi connectivity index (χ1) is 19.6. The Morgan fingerprint density at radius 1 is 1.00 bits per heavy atom. The SMILES string of the molecule is CCc1cccc(CNC[C@H](O)[C@H](Cc2cc(F)cc(F)c2)NC(=O)c2cccc(NS(=O)(=O)c3cncs3)c2)c1. The van der Waals surface area contributed by atoms with Gasteiger partial charge in [0.1, 0.15) is 11.6 Å². The largest absolute Gasteiger partial charge is 0.390 e. The number of benzene rings is 3. The van der Waals surface area contributed by atoms with E-state index in [0.717, 1.165) is 41.5 Å². The number of aliphatic hydroxyl groups is 1. The topological polar surface area (TPSA) is 120 Å². The predicted octanol–water partition coefficient (Wildman–Crippen LogP) is 4.28. The second-order valence-corrected chi connectivity index (χ2v) is 12.2. The Morgan fingerprint density at radius 3 is 2.44 bits per heavy atom. The summed E-state index contributed by atoms with van der Waals surface area (Å²) in [5.41, 5.74) is 4.15. The average molecular weight is 601 g/mol. The summed E-state index contributed by atoms with van der Waals surface area (Å²) in [5.74, 6) is -2.13. The Morgan fingerprint density at radius 2 is 1.73 bits per heavy atom. The van der Waals surface area contributed by atoms with Gasteiger partial charge in [0.25, 0.3) is 15.9 Å². The van der Waals surface area contributed by atoms with Crippen LogP contribution < -0.4 is 15.4 Å². The number of hydrogen-bond acceptors (Lipinski definition) is 7. The van der Waals surface area contributed by atoms with Crippen molar-refractivity contribution < 1.29 is 27.1 Å². The van der Waals surface area contributed by atoms with E-state index in [9.17, 15) is 27.1 Å². The number of thiazole rings is 1. The van der Waals surface area contributed by atoms with E-state index in [0.29, 0.717) is 6.54 Å². The summed E-state index contributed by atoms with van der Waals surface area (Å²) in [4.78, 5) is 17.0. The number of rotatable bonds is 13. The number of anilines is 1. The molecule has 0 aliphatic rings. The summed E-state index contributed by atoms with van der Waals surface area (Å²) in [5, 5.41) is 17.0. The molecule has 4 rings (SSSR count). The summed E-state index contributed by atoms with van der Waals surface area (Å²) in [6.45, 7) is 2.63. The van der Waals surface area contributed by atoms with Crippen LogP contribution in [0.4, 0.5) is 14.5 Å². The molecule has 0 aliphatic carbocycles. The van der Waals surface area contributed by atoms with Gasteiger partial charge in [0, 0.05) is 30.4 Å². The van der Waals surface area contributed by atoms with Crippen molar-refractivity contribution in [1.82, 2.24) is 15.6 Å². The highest BCUT2D eigenvalue weighted by atomic mass is 32.2. The summed E-state index contributed by atoms with van der Waals surface area (Å²) in [6, 6.07) is 16.0. The number of aromatic nitrogens is 1. The number of nitrogens with zero attached hydrogens (tertiary/aromatic N) is 1. The lowest BCUT2D eigenvalue weighted by Crippen LogP contribution is -2.48. The molecule has 0 radical (unpaired) electrons. The zero-order valence-electron chi connectivity index (χ0n) is 22.2. The van der Waals surface area contributed by atoms with Gasteiger partial charge in [-0.25, -0.2) is 17.2 Å². The second kappa shape index (κ2) is 13.8. The van der Waals surface area contributed by atoms with Crippen LogP contribution in [-0.4, -0.2) is 43.1 Å². The fraction of sp³-hybridized carbons (Fsp3) is 0.241. The van der Waals surface area contributed by atoms with Crippen LogP contribution in [0.5, 0.6) is 0 Å². The van der Waals surface area contributed by atoms with Gasteiger partial charge in [0.15, 0.2) is 4.21 Å². The number of aryl methyl sites for hydroxylation is 1. The molecule has 0 spiro atoms. The normalized spacial score (nSPS) is 13.0. The van der Waals surface area contributed by atoms with E-state index >= 15 is 0 Å². The Kier molecular flexibility index (Phi) is 10.2. The Labute approximate surface area is 241 Å². The van der Waals surface area contributed by atoms with Crippen LogP contribution in [0.25, 0.3) is 0 Å². The fourth-order valence-electron chi connectivity index (χ4n) is 4.25. The first kappa shape index (κ1) is 30.3. The maximum atomic E-state index is 13.9. The highest BCUT2D eigenvalue weighted by molar-refractivity contribution is 7.94. The van der Waals surface area contributed by atoms with Crippen LogP contribution in [0.1, 0.15) is 34.0 Å². The predicted molar refractivity (Wildman–Crippen MR) is 154 cm³/mol. The minimum absolute atomic E-state index is 0.0202. The molecule has 41 heavy (non-hydrogen) atoms. The van der Waals surface area contributed by atoms with E-state index in [1.807, 2.05) is 18.2 Å². The lowest BCUT2D eigenvalue weighted by molar-refractivity contribution is 0.0830. The Hall–Kier alpha value is -3.71. The second-order valence-electron chi connectivity index (χ2n) is 9.44.